The van der Waals surface area contributed by atoms with Crippen LogP contribution in [-0.2, 0) is 9.47 Å². The third-order valence-electron chi connectivity index (χ3n) is 7.04. The van der Waals surface area contributed by atoms with Crippen molar-refractivity contribution >= 4 is 28.9 Å². The summed E-state index contributed by atoms with van der Waals surface area (Å²) in [5.41, 5.74) is -0.692. The minimum absolute atomic E-state index is 0.00503. The van der Waals surface area contributed by atoms with Gasteiger partial charge < -0.3 is 23.6 Å². The fraction of sp³-hybridized carbons (Fsp3) is 0.559. The molecule has 1 aliphatic rings. The van der Waals surface area contributed by atoms with Gasteiger partial charge in [0.25, 0.3) is 0 Å². The van der Waals surface area contributed by atoms with E-state index in [0.717, 1.165) is 34.9 Å². The molecule has 0 spiro atoms. The van der Waals surface area contributed by atoms with Crippen molar-refractivity contribution in [3.63, 3.8) is 0 Å². The number of rotatable bonds is 9. The first-order valence-electron chi connectivity index (χ1n) is 15.9. The van der Waals surface area contributed by atoms with Crippen molar-refractivity contribution in [2.24, 2.45) is 4.99 Å². The number of amides is 2. The lowest BCUT2D eigenvalue weighted by Gasteiger charge is -2.27. The van der Waals surface area contributed by atoms with Crippen molar-refractivity contribution in [1.29, 1.82) is 0 Å². The Kier molecular flexibility index (Phi) is 11.1. The molecule has 244 valence electrons. The second-order valence-electron chi connectivity index (χ2n) is 13.3. The number of aliphatic imine (C=N–C) groups is 1. The Morgan fingerprint density at radius 1 is 0.978 bits per heavy atom. The van der Waals surface area contributed by atoms with Crippen LogP contribution in [0.5, 0.6) is 5.75 Å². The van der Waals surface area contributed by atoms with Crippen LogP contribution in [0.4, 0.5) is 9.59 Å². The fourth-order valence-electron chi connectivity index (χ4n) is 5.04. The first kappa shape index (κ1) is 33.7. The van der Waals surface area contributed by atoms with Gasteiger partial charge in [-0.1, -0.05) is 56.0 Å². The number of fused-ring (bicyclic) bond motifs is 1. The molecule has 0 aliphatic carbocycles. The largest absolute Gasteiger partial charge is 0.494 e. The van der Waals surface area contributed by atoms with Crippen LogP contribution in [0.1, 0.15) is 105 Å². The molecule has 11 heteroatoms. The Balaban J connectivity index is 1.50. The van der Waals surface area contributed by atoms with Crippen LogP contribution >= 0.6 is 0 Å². The maximum absolute atomic E-state index is 12.7. The van der Waals surface area contributed by atoms with Gasteiger partial charge in [-0.2, -0.15) is 4.98 Å². The number of unbranched alkanes of at least 4 members (excludes halogenated alkanes) is 4. The second-order valence-corrected chi connectivity index (χ2v) is 13.3. The molecule has 1 N–H and O–H groups in total. The van der Waals surface area contributed by atoms with Gasteiger partial charge in [0.15, 0.2) is 0 Å². The van der Waals surface area contributed by atoms with Crippen LogP contribution < -0.4 is 10.1 Å². The monoisotopic (exact) mass is 621 g/mol. The highest BCUT2D eigenvalue weighted by molar-refractivity contribution is 5.99. The SMILES string of the molecule is CCCCCCCOc1ccc2cc(-c3noc([C@@H]4CCCN4C(=NC(=O)OC(C)(C)C)NC(=O)OC(C)(C)C)n3)ccc2c1. The maximum atomic E-state index is 12.7. The van der Waals surface area contributed by atoms with E-state index in [1.54, 1.807) is 46.4 Å². The predicted molar refractivity (Wildman–Crippen MR) is 173 cm³/mol. The van der Waals surface area contributed by atoms with E-state index in [9.17, 15) is 9.59 Å². The van der Waals surface area contributed by atoms with E-state index in [1.165, 1.54) is 25.7 Å². The van der Waals surface area contributed by atoms with Crippen molar-refractivity contribution in [2.45, 2.75) is 111 Å². The third-order valence-corrected chi connectivity index (χ3v) is 7.04. The Bertz CT molecular complexity index is 1490. The summed E-state index contributed by atoms with van der Waals surface area (Å²) in [6, 6.07) is 11.7. The molecule has 1 fully saturated rings. The number of benzene rings is 2. The molecule has 1 aliphatic heterocycles. The molecule has 11 nitrogen and oxygen atoms in total. The van der Waals surface area contributed by atoms with Crippen LogP contribution in [-0.4, -0.2) is 57.5 Å². The third kappa shape index (κ3) is 10.2. The van der Waals surface area contributed by atoms with Crippen LogP contribution in [0.15, 0.2) is 45.9 Å². The summed E-state index contributed by atoms with van der Waals surface area (Å²) in [5.74, 6) is 1.66. The van der Waals surface area contributed by atoms with Gasteiger partial charge in [0.1, 0.15) is 23.0 Å². The van der Waals surface area contributed by atoms with E-state index in [-0.39, 0.29) is 5.96 Å². The van der Waals surface area contributed by atoms with E-state index >= 15 is 0 Å². The highest BCUT2D eigenvalue weighted by atomic mass is 16.6. The molecule has 4 rings (SSSR count). The quantitative estimate of drug-likeness (QED) is 0.143. The molecule has 45 heavy (non-hydrogen) atoms. The minimum Gasteiger partial charge on any atom is -0.494 e. The van der Waals surface area contributed by atoms with Gasteiger partial charge in [0.05, 0.1) is 6.61 Å². The Morgan fingerprint density at radius 2 is 1.69 bits per heavy atom. The normalized spacial score (nSPS) is 15.8. The summed E-state index contributed by atoms with van der Waals surface area (Å²) in [5, 5.41) is 8.98. The number of nitrogens with one attached hydrogen (secondary N) is 1. The highest BCUT2D eigenvalue weighted by Crippen LogP contribution is 2.33. The highest BCUT2D eigenvalue weighted by Gasteiger charge is 2.35. The molecule has 2 heterocycles. The summed E-state index contributed by atoms with van der Waals surface area (Å²) < 4.78 is 22.5. The van der Waals surface area contributed by atoms with Gasteiger partial charge in [-0.15, -0.1) is 4.99 Å². The average molecular weight is 622 g/mol. The molecule has 0 radical (unpaired) electrons. The van der Waals surface area contributed by atoms with Gasteiger partial charge in [0, 0.05) is 12.1 Å². The Labute approximate surface area is 265 Å². The lowest BCUT2D eigenvalue weighted by Crippen LogP contribution is -2.46. The molecule has 1 atom stereocenters. The molecule has 1 aromatic heterocycles. The molecular formula is C34H47N5O6. The number of alkyl carbamates (subject to hydrolysis) is 1. The zero-order valence-corrected chi connectivity index (χ0v) is 27.6. The number of aromatic nitrogens is 2. The molecule has 2 aromatic carbocycles. The minimum atomic E-state index is -0.831. The maximum Gasteiger partial charge on any atom is 0.437 e. The Hall–Kier alpha value is -4.15. The number of likely N-dealkylation sites (tertiary alicyclic amines) is 1. The molecule has 1 saturated heterocycles. The molecule has 0 bridgehead atoms. The molecule has 2 amide bonds. The van der Waals surface area contributed by atoms with E-state index < -0.39 is 29.4 Å². The van der Waals surface area contributed by atoms with Gasteiger partial charge >= 0.3 is 12.2 Å². The smallest absolute Gasteiger partial charge is 0.437 e. The zero-order valence-electron chi connectivity index (χ0n) is 27.6. The molecule has 0 unspecified atom stereocenters. The number of hydrogen-bond acceptors (Lipinski definition) is 8. The summed E-state index contributed by atoms with van der Waals surface area (Å²) >= 11 is 0. The van der Waals surface area contributed by atoms with E-state index in [1.807, 2.05) is 36.4 Å². The standard InChI is InChI=1S/C34H47N5O6/c1-8-9-10-11-12-20-42-26-18-17-23-21-25(16-15-24(23)22-26)28-35-29(45-38-28)27-14-13-19-39(27)30(36-31(40)43-33(2,3)4)37-32(41)44-34(5,6)7/h15-18,21-22,27H,8-14,19-20H2,1-7H3,(H,36,37,40,41)/t27-/m0/s1. The topological polar surface area (TPSA) is 128 Å². The molecule has 0 saturated carbocycles. The van der Waals surface area contributed by atoms with E-state index in [2.05, 4.69) is 22.4 Å². The number of carbonyl (C=O) groups excluding carboxylic acids is 2. The number of nitrogens with zero attached hydrogens (tertiary/aromatic N) is 4. The van der Waals surface area contributed by atoms with Crippen LogP contribution in [0.25, 0.3) is 22.2 Å². The molecular weight excluding hydrogens is 574 g/mol. The number of hydrogen-bond donors (Lipinski definition) is 1. The van der Waals surface area contributed by atoms with Crippen LogP contribution in [0, 0.1) is 0 Å². The zero-order chi connectivity index (χ0) is 32.6. The van der Waals surface area contributed by atoms with Gasteiger partial charge in [-0.25, -0.2) is 9.59 Å². The van der Waals surface area contributed by atoms with E-state index in [4.69, 9.17) is 23.7 Å². The van der Waals surface area contributed by atoms with Crippen LogP contribution in [0.3, 0.4) is 0 Å². The van der Waals surface area contributed by atoms with Gasteiger partial charge in [-0.3, -0.25) is 5.32 Å². The summed E-state index contributed by atoms with van der Waals surface area (Å²) in [6.07, 6.45) is 5.84. The Morgan fingerprint density at radius 3 is 2.42 bits per heavy atom. The summed E-state index contributed by atoms with van der Waals surface area (Å²) in [6.45, 7) is 13.9. The first-order valence-corrected chi connectivity index (χ1v) is 15.9. The first-order chi connectivity index (χ1) is 21.3. The van der Waals surface area contributed by atoms with Crippen LogP contribution in [0.2, 0.25) is 0 Å². The number of guanidine groups is 1. The average Bonchev–Trinajstić information content (AvgIpc) is 3.62. The second kappa shape index (κ2) is 14.8. The predicted octanol–water partition coefficient (Wildman–Crippen LogP) is 8.19. The summed E-state index contributed by atoms with van der Waals surface area (Å²) in [4.78, 5) is 35.9. The number of ether oxygens (including phenoxy) is 3. The van der Waals surface area contributed by atoms with Crippen molar-refractivity contribution in [3.8, 4) is 17.1 Å². The molecule has 3 aromatic rings. The lowest BCUT2D eigenvalue weighted by molar-refractivity contribution is 0.0553. The van der Waals surface area contributed by atoms with Crippen molar-refractivity contribution < 1.29 is 28.3 Å². The van der Waals surface area contributed by atoms with Gasteiger partial charge in [-0.05, 0) is 89.8 Å². The number of carbonyl (C=O) groups is 2. The lowest BCUT2D eigenvalue weighted by atomic mass is 10.1. The summed E-state index contributed by atoms with van der Waals surface area (Å²) in [7, 11) is 0. The van der Waals surface area contributed by atoms with Crippen molar-refractivity contribution in [1.82, 2.24) is 20.4 Å². The fourth-order valence-corrected chi connectivity index (χ4v) is 5.04. The van der Waals surface area contributed by atoms with E-state index in [0.29, 0.717) is 31.3 Å². The van der Waals surface area contributed by atoms with Gasteiger partial charge in [0.2, 0.25) is 17.7 Å². The van der Waals surface area contributed by atoms with Crippen molar-refractivity contribution in [3.05, 3.63) is 42.3 Å². The van der Waals surface area contributed by atoms with Crippen molar-refractivity contribution in [2.75, 3.05) is 13.2 Å².